The Morgan fingerprint density at radius 1 is 1.10 bits per heavy atom. The van der Waals surface area contributed by atoms with E-state index in [1.165, 1.54) is 5.56 Å². The van der Waals surface area contributed by atoms with E-state index in [2.05, 4.69) is 37.9 Å². The van der Waals surface area contributed by atoms with Crippen molar-refractivity contribution in [1.29, 1.82) is 0 Å². The summed E-state index contributed by atoms with van der Waals surface area (Å²) in [6, 6.07) is 14.9. The summed E-state index contributed by atoms with van der Waals surface area (Å²) in [7, 11) is 0. The molecular formula is C23H27N5O3. The zero-order chi connectivity index (χ0) is 21.6. The van der Waals surface area contributed by atoms with Gasteiger partial charge in [-0.2, -0.15) is 5.10 Å². The highest BCUT2D eigenvalue weighted by atomic mass is 16.5. The van der Waals surface area contributed by atoms with Crippen LogP contribution in [-0.4, -0.2) is 59.3 Å². The second kappa shape index (κ2) is 9.72. The Labute approximate surface area is 181 Å². The van der Waals surface area contributed by atoms with Crippen molar-refractivity contribution in [2.75, 3.05) is 26.3 Å². The van der Waals surface area contributed by atoms with Crippen LogP contribution in [0.25, 0.3) is 10.9 Å². The number of para-hydroxylation sites is 1. The zero-order valence-electron chi connectivity index (χ0n) is 17.6. The summed E-state index contributed by atoms with van der Waals surface area (Å²) in [6.45, 7) is 6.45. The predicted octanol–water partition coefficient (Wildman–Crippen LogP) is 1.83. The number of aromatic amines is 1. The van der Waals surface area contributed by atoms with Gasteiger partial charge in [0, 0.05) is 31.6 Å². The van der Waals surface area contributed by atoms with E-state index < -0.39 is 6.04 Å². The van der Waals surface area contributed by atoms with Crippen molar-refractivity contribution in [2.24, 2.45) is 0 Å². The van der Waals surface area contributed by atoms with E-state index in [0.29, 0.717) is 6.54 Å². The van der Waals surface area contributed by atoms with E-state index >= 15 is 0 Å². The molecule has 3 aromatic rings. The second-order valence-electron chi connectivity index (χ2n) is 7.74. The molecule has 0 saturated carbocycles. The molecule has 8 nitrogen and oxygen atoms in total. The lowest BCUT2D eigenvalue weighted by Gasteiger charge is -2.26. The number of nitrogens with one attached hydrogen (secondary N) is 3. The second-order valence-corrected chi connectivity index (χ2v) is 7.74. The van der Waals surface area contributed by atoms with Gasteiger partial charge >= 0.3 is 0 Å². The molecule has 0 radical (unpaired) electrons. The van der Waals surface area contributed by atoms with Crippen LogP contribution in [0.5, 0.6) is 0 Å². The minimum absolute atomic E-state index is 0.245. The highest BCUT2D eigenvalue weighted by Gasteiger charge is 2.20. The predicted molar refractivity (Wildman–Crippen MR) is 117 cm³/mol. The van der Waals surface area contributed by atoms with E-state index in [4.69, 9.17) is 4.74 Å². The molecule has 0 spiro atoms. The number of fused-ring (bicyclic) bond motifs is 1. The molecule has 2 heterocycles. The van der Waals surface area contributed by atoms with E-state index in [9.17, 15) is 9.59 Å². The molecule has 1 unspecified atom stereocenters. The summed E-state index contributed by atoms with van der Waals surface area (Å²) in [6.07, 6.45) is 0. The van der Waals surface area contributed by atoms with Gasteiger partial charge in [-0.1, -0.05) is 42.5 Å². The van der Waals surface area contributed by atoms with Crippen LogP contribution in [0.4, 0.5) is 0 Å². The number of hydrogen-bond donors (Lipinski definition) is 3. The Hall–Kier alpha value is -3.23. The van der Waals surface area contributed by atoms with Crippen LogP contribution < -0.4 is 10.6 Å². The number of morpholine rings is 1. The largest absolute Gasteiger partial charge is 0.379 e. The number of nitrogens with zero attached hydrogens (tertiary/aromatic N) is 2. The van der Waals surface area contributed by atoms with Crippen LogP contribution in [0, 0.1) is 0 Å². The number of carbonyl (C=O) groups excluding carboxylic acids is 2. The fourth-order valence-electron chi connectivity index (χ4n) is 3.59. The van der Waals surface area contributed by atoms with Gasteiger partial charge in [-0.15, -0.1) is 0 Å². The zero-order valence-corrected chi connectivity index (χ0v) is 17.6. The standard InChI is InChI=1S/C23H27N5O3/c1-16(25-23(30)21-19-4-2-3-5-20(19)26-27-21)22(29)24-14-17-6-8-18(9-7-17)15-28-10-12-31-13-11-28/h2-9,16H,10-15H2,1H3,(H,24,29)(H,25,30)(H,26,27). The summed E-state index contributed by atoms with van der Waals surface area (Å²) >= 11 is 0. The Bertz CT molecular complexity index is 1040. The molecule has 1 atom stereocenters. The van der Waals surface area contributed by atoms with Crippen molar-refractivity contribution >= 4 is 22.7 Å². The third-order valence-corrected chi connectivity index (χ3v) is 5.43. The molecule has 0 bridgehead atoms. The minimum Gasteiger partial charge on any atom is -0.379 e. The van der Waals surface area contributed by atoms with Crippen LogP contribution in [0.1, 0.15) is 28.5 Å². The first-order valence-electron chi connectivity index (χ1n) is 10.5. The number of rotatable bonds is 7. The van der Waals surface area contributed by atoms with Gasteiger partial charge in [-0.25, -0.2) is 0 Å². The number of carbonyl (C=O) groups is 2. The van der Waals surface area contributed by atoms with Crippen molar-refractivity contribution in [2.45, 2.75) is 26.1 Å². The average Bonchev–Trinajstić information content (AvgIpc) is 3.23. The van der Waals surface area contributed by atoms with E-state index in [1.54, 1.807) is 6.92 Å². The molecule has 2 amide bonds. The Balaban J connectivity index is 1.26. The highest BCUT2D eigenvalue weighted by molar-refractivity contribution is 6.05. The number of ether oxygens (including phenoxy) is 1. The molecule has 8 heteroatoms. The maximum Gasteiger partial charge on any atom is 0.273 e. The van der Waals surface area contributed by atoms with Gasteiger partial charge in [-0.3, -0.25) is 19.6 Å². The number of H-pyrrole nitrogens is 1. The normalized spacial score (nSPS) is 15.5. The summed E-state index contributed by atoms with van der Waals surface area (Å²) in [5.74, 6) is -0.627. The van der Waals surface area contributed by atoms with Crippen LogP contribution in [-0.2, 0) is 22.6 Å². The molecule has 4 rings (SSSR count). The Morgan fingerprint density at radius 2 is 1.81 bits per heavy atom. The molecule has 162 valence electrons. The van der Waals surface area contributed by atoms with Crippen molar-refractivity contribution in [3.63, 3.8) is 0 Å². The lowest BCUT2D eigenvalue weighted by molar-refractivity contribution is -0.122. The molecule has 2 aromatic carbocycles. The number of benzene rings is 2. The van der Waals surface area contributed by atoms with Gasteiger partial charge in [0.2, 0.25) is 5.91 Å². The minimum atomic E-state index is -0.677. The third-order valence-electron chi connectivity index (χ3n) is 5.43. The van der Waals surface area contributed by atoms with Gasteiger partial charge in [-0.05, 0) is 24.1 Å². The highest BCUT2D eigenvalue weighted by Crippen LogP contribution is 2.15. The van der Waals surface area contributed by atoms with Crippen LogP contribution >= 0.6 is 0 Å². The summed E-state index contributed by atoms with van der Waals surface area (Å²) in [5, 5.41) is 13.2. The molecular weight excluding hydrogens is 394 g/mol. The van der Waals surface area contributed by atoms with E-state index in [1.807, 2.05) is 36.4 Å². The molecule has 1 aliphatic heterocycles. The quantitative estimate of drug-likeness (QED) is 0.541. The van der Waals surface area contributed by atoms with Crippen molar-refractivity contribution in [3.05, 3.63) is 65.4 Å². The Morgan fingerprint density at radius 3 is 2.58 bits per heavy atom. The monoisotopic (exact) mass is 421 g/mol. The molecule has 1 saturated heterocycles. The molecule has 31 heavy (non-hydrogen) atoms. The third kappa shape index (κ3) is 5.28. The summed E-state index contributed by atoms with van der Waals surface area (Å²) in [5.41, 5.74) is 3.31. The summed E-state index contributed by atoms with van der Waals surface area (Å²) < 4.78 is 5.38. The van der Waals surface area contributed by atoms with Crippen LogP contribution in [0.2, 0.25) is 0 Å². The molecule has 1 fully saturated rings. The van der Waals surface area contributed by atoms with Crippen molar-refractivity contribution < 1.29 is 14.3 Å². The smallest absolute Gasteiger partial charge is 0.273 e. The van der Waals surface area contributed by atoms with Gasteiger partial charge in [0.15, 0.2) is 5.69 Å². The first-order valence-corrected chi connectivity index (χ1v) is 10.5. The first-order chi connectivity index (χ1) is 15.1. The van der Waals surface area contributed by atoms with E-state index in [-0.39, 0.29) is 17.5 Å². The van der Waals surface area contributed by atoms with Crippen LogP contribution in [0.3, 0.4) is 0 Å². The number of amides is 2. The van der Waals surface area contributed by atoms with Gasteiger partial charge < -0.3 is 15.4 Å². The SMILES string of the molecule is CC(NC(=O)c1n[nH]c2ccccc12)C(=O)NCc1ccc(CN2CCOCC2)cc1. The fraction of sp³-hybridized carbons (Fsp3) is 0.348. The average molecular weight is 422 g/mol. The maximum atomic E-state index is 12.5. The van der Waals surface area contributed by atoms with Gasteiger partial charge in [0.05, 0.1) is 18.7 Å². The maximum absolute atomic E-state index is 12.5. The molecule has 3 N–H and O–H groups in total. The lowest BCUT2D eigenvalue weighted by Crippen LogP contribution is -2.44. The number of aromatic nitrogens is 2. The van der Waals surface area contributed by atoms with Crippen LogP contribution in [0.15, 0.2) is 48.5 Å². The molecule has 0 aliphatic carbocycles. The number of hydrogen-bond acceptors (Lipinski definition) is 5. The van der Waals surface area contributed by atoms with E-state index in [0.717, 1.165) is 49.3 Å². The lowest BCUT2D eigenvalue weighted by atomic mass is 10.1. The summed E-state index contributed by atoms with van der Waals surface area (Å²) in [4.78, 5) is 27.3. The Kier molecular flexibility index (Phi) is 6.59. The van der Waals surface area contributed by atoms with Crippen molar-refractivity contribution in [3.8, 4) is 0 Å². The van der Waals surface area contributed by atoms with Gasteiger partial charge in [0.25, 0.3) is 5.91 Å². The first kappa shape index (κ1) is 21.0. The topological polar surface area (TPSA) is 99.3 Å². The molecule has 1 aliphatic rings. The van der Waals surface area contributed by atoms with Crippen molar-refractivity contribution in [1.82, 2.24) is 25.7 Å². The van der Waals surface area contributed by atoms with Gasteiger partial charge in [0.1, 0.15) is 6.04 Å². The molecule has 1 aromatic heterocycles. The fourth-order valence-corrected chi connectivity index (χ4v) is 3.59.